The van der Waals surface area contributed by atoms with Gasteiger partial charge in [0.2, 0.25) is 0 Å². The van der Waals surface area contributed by atoms with Gasteiger partial charge in [-0.3, -0.25) is 0 Å². The molecule has 2 aromatic carbocycles. The molecule has 0 aliphatic heterocycles. The largest absolute Gasteiger partial charge is 0.0558 e. The topological polar surface area (TPSA) is 0 Å². The molecule has 0 saturated heterocycles. The first-order valence-corrected chi connectivity index (χ1v) is 8.06. The van der Waals surface area contributed by atoms with Gasteiger partial charge in [0.05, 0.1) is 0 Å². The highest BCUT2D eigenvalue weighted by Gasteiger charge is 2.13. The summed E-state index contributed by atoms with van der Waals surface area (Å²) in [6.07, 6.45) is 0. The van der Waals surface area contributed by atoms with E-state index in [0.29, 0.717) is 0 Å². The van der Waals surface area contributed by atoms with Crippen molar-refractivity contribution in [1.29, 1.82) is 0 Å². The second kappa shape index (κ2) is 6.12. The van der Waals surface area contributed by atoms with Crippen LogP contribution in [0.3, 0.4) is 0 Å². The normalized spacial score (nSPS) is 12.4. The molecule has 116 valence electrons. The molecule has 0 heterocycles. The zero-order valence-corrected chi connectivity index (χ0v) is 15.3. The maximum Gasteiger partial charge on any atom is -0.0166 e. The Hall–Kier alpha value is -1.82. The Balaban J connectivity index is 2.70. The predicted octanol–water partition coefficient (Wildman–Crippen LogP) is 6.49. The average molecular weight is 292 g/mol. The molecule has 0 aliphatic rings. The van der Waals surface area contributed by atoms with Gasteiger partial charge in [-0.1, -0.05) is 35.4 Å². The Kier molecular flexibility index (Phi) is 4.60. The molecule has 0 nitrogen and oxygen atoms in total. The van der Waals surface area contributed by atoms with Crippen molar-refractivity contribution >= 4 is 11.1 Å². The highest BCUT2D eigenvalue weighted by molar-refractivity contribution is 5.92. The fourth-order valence-corrected chi connectivity index (χ4v) is 3.92. The first-order valence-electron chi connectivity index (χ1n) is 8.06. The van der Waals surface area contributed by atoms with E-state index in [2.05, 4.69) is 79.7 Å². The first-order chi connectivity index (χ1) is 10.2. The summed E-state index contributed by atoms with van der Waals surface area (Å²) in [5, 5.41) is 0. The van der Waals surface area contributed by atoms with Crippen LogP contribution in [-0.4, -0.2) is 0 Å². The Morgan fingerprint density at radius 3 is 0.955 bits per heavy atom. The molecule has 0 saturated carbocycles. The molecule has 0 amide bonds. The van der Waals surface area contributed by atoms with E-state index in [9.17, 15) is 0 Å². The van der Waals surface area contributed by atoms with Gasteiger partial charge in [-0.15, -0.1) is 0 Å². The summed E-state index contributed by atoms with van der Waals surface area (Å²) in [5.41, 5.74) is 13.8. The van der Waals surface area contributed by atoms with Crippen LogP contribution in [0, 0.1) is 41.5 Å². The standard InChI is InChI=1S/C22H28/c1-13-9-15(3)21(16(4)10-13)19(7)20(8)22-17(5)11-14(2)12-18(22)6/h9-12H,1-8H3. The molecule has 0 unspecified atom stereocenters. The van der Waals surface area contributed by atoms with Gasteiger partial charge in [-0.25, -0.2) is 0 Å². The molecule has 0 atom stereocenters. The molecule has 0 bridgehead atoms. The van der Waals surface area contributed by atoms with Gasteiger partial charge in [0.1, 0.15) is 0 Å². The summed E-state index contributed by atoms with van der Waals surface area (Å²) in [6, 6.07) is 9.14. The van der Waals surface area contributed by atoms with E-state index >= 15 is 0 Å². The highest BCUT2D eigenvalue weighted by atomic mass is 14.2. The summed E-state index contributed by atoms with van der Waals surface area (Å²) in [6.45, 7) is 17.8. The predicted molar refractivity (Wildman–Crippen MR) is 99.5 cm³/mol. The number of aryl methyl sites for hydroxylation is 6. The molecule has 0 aliphatic carbocycles. The van der Waals surface area contributed by atoms with E-state index in [1.807, 2.05) is 0 Å². The average Bonchev–Trinajstić information content (AvgIpc) is 2.35. The lowest BCUT2D eigenvalue weighted by Gasteiger charge is -2.18. The van der Waals surface area contributed by atoms with Crippen molar-refractivity contribution in [2.75, 3.05) is 0 Å². The van der Waals surface area contributed by atoms with Crippen LogP contribution in [0.2, 0.25) is 0 Å². The van der Waals surface area contributed by atoms with Crippen LogP contribution < -0.4 is 0 Å². The molecule has 22 heavy (non-hydrogen) atoms. The molecular formula is C22H28. The van der Waals surface area contributed by atoms with Gasteiger partial charge in [0.25, 0.3) is 0 Å². The van der Waals surface area contributed by atoms with Crippen molar-refractivity contribution < 1.29 is 0 Å². The Morgan fingerprint density at radius 1 is 0.500 bits per heavy atom. The summed E-state index contributed by atoms with van der Waals surface area (Å²) in [4.78, 5) is 0. The number of allylic oxidation sites excluding steroid dienone is 2. The second-order valence-electron chi connectivity index (χ2n) is 6.80. The monoisotopic (exact) mass is 292 g/mol. The van der Waals surface area contributed by atoms with Crippen LogP contribution in [0.5, 0.6) is 0 Å². The second-order valence-corrected chi connectivity index (χ2v) is 6.80. The van der Waals surface area contributed by atoms with Crippen molar-refractivity contribution in [2.24, 2.45) is 0 Å². The molecule has 0 aromatic heterocycles. The summed E-state index contributed by atoms with van der Waals surface area (Å²) >= 11 is 0. The Labute approximate surface area is 135 Å². The molecule has 2 aromatic rings. The molecular weight excluding hydrogens is 264 g/mol. The fraction of sp³-hybridized carbons (Fsp3) is 0.364. The lowest BCUT2D eigenvalue weighted by molar-refractivity contribution is 1.26. The van der Waals surface area contributed by atoms with E-state index in [0.717, 1.165) is 0 Å². The van der Waals surface area contributed by atoms with E-state index in [4.69, 9.17) is 0 Å². The quantitative estimate of drug-likeness (QED) is 0.555. The van der Waals surface area contributed by atoms with E-state index < -0.39 is 0 Å². The third-order valence-electron chi connectivity index (χ3n) is 4.67. The fourth-order valence-electron chi connectivity index (χ4n) is 3.92. The molecule has 0 fully saturated rings. The minimum atomic E-state index is 1.34. The zero-order valence-electron chi connectivity index (χ0n) is 15.3. The summed E-state index contributed by atoms with van der Waals surface area (Å²) < 4.78 is 0. The SMILES string of the molecule is CC(=C(C)c1c(C)cc(C)cc1C)c1c(C)cc(C)cc1C. The van der Waals surface area contributed by atoms with E-state index in [1.165, 1.54) is 55.7 Å². The minimum absolute atomic E-state index is 1.34. The molecule has 0 heteroatoms. The van der Waals surface area contributed by atoms with Crippen LogP contribution in [0.15, 0.2) is 24.3 Å². The van der Waals surface area contributed by atoms with Crippen molar-refractivity contribution in [2.45, 2.75) is 55.4 Å². The van der Waals surface area contributed by atoms with Crippen molar-refractivity contribution in [3.8, 4) is 0 Å². The Bertz CT molecular complexity index is 646. The minimum Gasteiger partial charge on any atom is -0.0558 e. The third kappa shape index (κ3) is 3.02. The lowest BCUT2D eigenvalue weighted by Crippen LogP contribution is -1.98. The van der Waals surface area contributed by atoms with Gasteiger partial charge in [0.15, 0.2) is 0 Å². The van der Waals surface area contributed by atoms with Crippen molar-refractivity contribution in [3.05, 3.63) is 68.8 Å². The summed E-state index contributed by atoms with van der Waals surface area (Å²) in [5.74, 6) is 0. The number of rotatable bonds is 2. The van der Waals surface area contributed by atoms with Crippen LogP contribution in [0.25, 0.3) is 11.1 Å². The number of benzene rings is 2. The van der Waals surface area contributed by atoms with Crippen molar-refractivity contribution in [3.63, 3.8) is 0 Å². The Morgan fingerprint density at radius 2 is 0.727 bits per heavy atom. The smallest absolute Gasteiger partial charge is 0.0166 e. The van der Waals surface area contributed by atoms with Gasteiger partial charge in [0, 0.05) is 0 Å². The molecule has 0 radical (unpaired) electrons. The van der Waals surface area contributed by atoms with Crippen LogP contribution >= 0.6 is 0 Å². The van der Waals surface area contributed by atoms with Crippen molar-refractivity contribution in [1.82, 2.24) is 0 Å². The maximum atomic E-state index is 2.29. The highest BCUT2D eigenvalue weighted by Crippen LogP contribution is 2.33. The van der Waals surface area contributed by atoms with Gasteiger partial charge in [-0.05, 0) is 99.9 Å². The van der Waals surface area contributed by atoms with Gasteiger partial charge < -0.3 is 0 Å². The molecule has 2 rings (SSSR count). The van der Waals surface area contributed by atoms with Crippen LogP contribution in [-0.2, 0) is 0 Å². The number of hydrogen-bond donors (Lipinski definition) is 0. The summed E-state index contributed by atoms with van der Waals surface area (Å²) in [7, 11) is 0. The molecule has 0 spiro atoms. The van der Waals surface area contributed by atoms with E-state index in [-0.39, 0.29) is 0 Å². The molecule has 0 N–H and O–H groups in total. The maximum absolute atomic E-state index is 2.29. The van der Waals surface area contributed by atoms with E-state index in [1.54, 1.807) is 0 Å². The van der Waals surface area contributed by atoms with Crippen LogP contribution in [0.4, 0.5) is 0 Å². The number of hydrogen-bond acceptors (Lipinski definition) is 0. The zero-order chi connectivity index (χ0) is 16.6. The first kappa shape index (κ1) is 16.5. The van der Waals surface area contributed by atoms with Gasteiger partial charge in [-0.2, -0.15) is 0 Å². The van der Waals surface area contributed by atoms with Gasteiger partial charge >= 0.3 is 0 Å². The third-order valence-corrected chi connectivity index (χ3v) is 4.67. The lowest BCUT2D eigenvalue weighted by atomic mass is 9.87. The van der Waals surface area contributed by atoms with Crippen LogP contribution in [0.1, 0.15) is 58.4 Å².